The van der Waals surface area contributed by atoms with Gasteiger partial charge in [-0.05, 0) is 97.0 Å². The fourth-order valence-corrected chi connectivity index (χ4v) is 7.39. The van der Waals surface area contributed by atoms with Crippen molar-refractivity contribution >= 4 is 42.9 Å². The minimum absolute atomic E-state index is 0. The molecule has 0 saturated carbocycles. The quantitative estimate of drug-likeness (QED) is 0.0901. The Labute approximate surface area is 362 Å². The Morgan fingerprint density at radius 2 is 1.14 bits per heavy atom. The lowest BCUT2D eigenvalue weighted by molar-refractivity contribution is 0.201. The van der Waals surface area contributed by atoms with E-state index in [2.05, 4.69) is 70.2 Å². The highest BCUT2D eigenvalue weighted by atomic mass is 35.5. The van der Waals surface area contributed by atoms with E-state index in [1.807, 2.05) is 36.7 Å². The van der Waals surface area contributed by atoms with Crippen molar-refractivity contribution in [1.82, 2.24) is 14.9 Å². The maximum Gasteiger partial charge on any atom is 0.203 e. The third-order valence-corrected chi connectivity index (χ3v) is 10.4. The Balaban J connectivity index is 0.00000300. The van der Waals surface area contributed by atoms with Gasteiger partial charge < -0.3 is 33.3 Å². The molecule has 58 heavy (non-hydrogen) atoms. The van der Waals surface area contributed by atoms with Crippen molar-refractivity contribution in [3.05, 3.63) is 102 Å². The first kappa shape index (κ1) is 47.8. The predicted octanol–water partition coefficient (Wildman–Crippen LogP) is 10.1. The summed E-state index contributed by atoms with van der Waals surface area (Å²) < 4.78 is 33.4. The lowest BCUT2D eigenvalue weighted by Gasteiger charge is -2.40. The van der Waals surface area contributed by atoms with Gasteiger partial charge >= 0.3 is 0 Å². The van der Waals surface area contributed by atoms with Crippen molar-refractivity contribution in [3.63, 3.8) is 0 Å². The van der Waals surface area contributed by atoms with Gasteiger partial charge in [-0.25, -0.2) is 0 Å². The van der Waals surface area contributed by atoms with Crippen LogP contribution in [0.2, 0.25) is 0 Å². The first-order valence-corrected chi connectivity index (χ1v) is 19.0. The molecule has 0 bridgehead atoms. The molecule has 1 fully saturated rings. The van der Waals surface area contributed by atoms with Gasteiger partial charge in [-0.15, -0.1) is 37.2 Å². The lowest BCUT2D eigenvalue weighted by Crippen LogP contribution is -2.44. The van der Waals surface area contributed by atoms with Crippen LogP contribution in [-0.2, 0) is 19.5 Å². The number of methoxy groups -OCH3 is 6. The number of unbranched alkanes of at least 4 members (excludes halogenated alkanes) is 1. The second-order valence-corrected chi connectivity index (χ2v) is 13.8. The molecule has 0 aliphatic carbocycles. The number of hydrogen-bond acceptors (Lipinski definition) is 10. The Bertz CT molecular complexity index is 1960. The van der Waals surface area contributed by atoms with Crippen molar-refractivity contribution < 1.29 is 28.4 Å². The Hall–Kier alpha value is -4.61. The van der Waals surface area contributed by atoms with Crippen LogP contribution in [-0.4, -0.2) is 76.7 Å². The van der Waals surface area contributed by atoms with Gasteiger partial charge in [0.05, 0.1) is 54.0 Å². The van der Waals surface area contributed by atoms with E-state index in [0.29, 0.717) is 40.5 Å². The maximum absolute atomic E-state index is 5.60. The molecule has 10 nitrogen and oxygen atoms in total. The summed E-state index contributed by atoms with van der Waals surface area (Å²) in [6, 6.07) is 25.9. The van der Waals surface area contributed by atoms with Gasteiger partial charge in [0.1, 0.15) is 0 Å². The molecule has 13 heteroatoms. The fraction of sp³-hybridized carbons (Fsp3) is 0.378. The number of pyridine rings is 2. The first-order chi connectivity index (χ1) is 26.9. The largest absolute Gasteiger partial charge is 0.493 e. The molecule has 6 rings (SSSR count). The number of rotatable bonds is 17. The van der Waals surface area contributed by atoms with Crippen LogP contribution in [0.1, 0.15) is 49.3 Å². The fourth-order valence-electron chi connectivity index (χ4n) is 7.39. The van der Waals surface area contributed by atoms with Crippen LogP contribution in [0.3, 0.4) is 0 Å². The number of nitrogens with zero attached hydrogens (tertiary/aromatic N) is 4. The number of aryl methyl sites for hydroxylation is 1. The Morgan fingerprint density at radius 1 is 0.603 bits per heavy atom. The number of halogens is 3. The van der Waals surface area contributed by atoms with Gasteiger partial charge in [0.2, 0.25) is 11.5 Å². The molecule has 1 aliphatic heterocycles. The van der Waals surface area contributed by atoms with Crippen molar-refractivity contribution in [2.24, 2.45) is 0 Å². The van der Waals surface area contributed by atoms with E-state index in [0.717, 1.165) is 73.5 Å². The molecule has 0 radical (unpaired) electrons. The van der Waals surface area contributed by atoms with Crippen molar-refractivity contribution in [2.45, 2.75) is 58.2 Å². The van der Waals surface area contributed by atoms with Crippen molar-refractivity contribution in [2.75, 3.05) is 60.6 Å². The van der Waals surface area contributed by atoms with E-state index in [1.165, 1.54) is 29.7 Å². The van der Waals surface area contributed by atoms with Crippen molar-refractivity contribution in [1.29, 1.82) is 0 Å². The molecule has 1 aliphatic rings. The van der Waals surface area contributed by atoms with E-state index in [1.54, 1.807) is 42.7 Å². The van der Waals surface area contributed by atoms with E-state index >= 15 is 0 Å². The molecule has 314 valence electrons. The molecule has 2 aromatic heterocycles. The Kier molecular flexibility index (Phi) is 19.0. The minimum Gasteiger partial charge on any atom is -0.493 e. The van der Waals surface area contributed by atoms with Crippen LogP contribution in [0, 0.1) is 0 Å². The van der Waals surface area contributed by atoms with Gasteiger partial charge in [0.15, 0.2) is 23.0 Å². The number of likely N-dealkylation sites (tertiary alicyclic amines) is 1. The topological polar surface area (TPSA) is 87.6 Å². The average Bonchev–Trinajstić information content (AvgIpc) is 3.24. The van der Waals surface area contributed by atoms with Gasteiger partial charge in [-0.2, -0.15) is 0 Å². The highest BCUT2D eigenvalue weighted by Crippen LogP contribution is 2.42. The number of aromatic nitrogens is 2. The molecular weight excluding hydrogens is 799 g/mol. The zero-order valence-electron chi connectivity index (χ0n) is 34.5. The second kappa shape index (κ2) is 23.1. The molecule has 3 aromatic carbocycles. The number of benzene rings is 3. The minimum atomic E-state index is 0. The highest BCUT2D eigenvalue weighted by molar-refractivity contribution is 5.86. The zero-order valence-corrected chi connectivity index (χ0v) is 36.9. The van der Waals surface area contributed by atoms with E-state index in [-0.39, 0.29) is 37.2 Å². The molecule has 0 spiro atoms. The zero-order chi connectivity index (χ0) is 38.7. The molecule has 5 aromatic rings. The van der Waals surface area contributed by atoms with E-state index < -0.39 is 0 Å². The van der Waals surface area contributed by atoms with Gasteiger partial charge in [0.25, 0.3) is 0 Å². The molecule has 0 N–H and O–H groups in total. The molecule has 1 saturated heterocycles. The molecule has 0 atom stereocenters. The Morgan fingerprint density at radius 3 is 1.62 bits per heavy atom. The summed E-state index contributed by atoms with van der Waals surface area (Å²) in [4.78, 5) is 14.7. The normalized spacial score (nSPS) is 12.6. The number of anilines is 1. The summed E-state index contributed by atoms with van der Waals surface area (Å²) >= 11 is 0. The third kappa shape index (κ3) is 11.3. The van der Waals surface area contributed by atoms with Gasteiger partial charge in [-0.3, -0.25) is 14.9 Å². The first-order valence-electron chi connectivity index (χ1n) is 19.0. The summed E-state index contributed by atoms with van der Waals surface area (Å²) in [5.74, 6) is 3.55. The van der Waals surface area contributed by atoms with E-state index in [9.17, 15) is 0 Å². The molecular formula is C45H57Cl3N4O6. The standard InChI is InChI=1S/C45H54N4O6.3ClH/c1-8-9-10-31-11-14-36(15-12-31)49(30-33-13-16-38(47-28-33)34-24-40(50-2)44(54-6)41(25-34)51-3)37-18-21-48(22-19-37)29-32-17-20-46-39(23-32)35-26-42(52-4)45(55-7)43(27-35)53-5;;;/h11-17,20,23-28,37H,8-10,18-19,21-22,29-30H2,1-7H3;3*1H. The summed E-state index contributed by atoms with van der Waals surface area (Å²) in [5, 5.41) is 0. The van der Waals surface area contributed by atoms with Gasteiger partial charge in [-0.1, -0.05) is 31.5 Å². The van der Waals surface area contributed by atoms with Crippen LogP contribution >= 0.6 is 37.2 Å². The summed E-state index contributed by atoms with van der Waals surface area (Å²) in [5.41, 5.74) is 8.53. The van der Waals surface area contributed by atoms with Gasteiger partial charge in [0, 0.05) is 61.4 Å². The maximum atomic E-state index is 5.60. The number of piperidine rings is 1. The number of hydrogen-bond donors (Lipinski definition) is 0. The second-order valence-electron chi connectivity index (χ2n) is 13.8. The smallest absolute Gasteiger partial charge is 0.203 e. The van der Waals surface area contributed by atoms with Crippen LogP contribution < -0.4 is 33.3 Å². The van der Waals surface area contributed by atoms with Crippen LogP contribution in [0.4, 0.5) is 5.69 Å². The van der Waals surface area contributed by atoms with Crippen molar-refractivity contribution in [3.8, 4) is 57.0 Å². The molecule has 0 amide bonds. The summed E-state index contributed by atoms with van der Waals surface area (Å²) in [6.07, 6.45) is 9.49. The van der Waals surface area contributed by atoms with Crippen LogP contribution in [0.15, 0.2) is 85.2 Å². The van der Waals surface area contributed by atoms with Crippen LogP contribution in [0.5, 0.6) is 34.5 Å². The van der Waals surface area contributed by atoms with Crippen LogP contribution in [0.25, 0.3) is 22.5 Å². The SMILES string of the molecule is CCCCc1ccc(N(Cc2ccc(-c3cc(OC)c(OC)c(OC)c3)nc2)C2CCN(Cc3ccnc(-c4cc(OC)c(OC)c(OC)c4)c3)CC2)cc1.Cl.Cl.Cl. The average molecular weight is 856 g/mol. The monoisotopic (exact) mass is 854 g/mol. The molecule has 0 unspecified atom stereocenters. The molecule has 3 heterocycles. The summed E-state index contributed by atoms with van der Waals surface area (Å²) in [6.45, 7) is 5.85. The lowest BCUT2D eigenvalue weighted by atomic mass is 9.99. The summed E-state index contributed by atoms with van der Waals surface area (Å²) in [7, 11) is 9.73. The number of ether oxygens (including phenoxy) is 6. The highest BCUT2D eigenvalue weighted by Gasteiger charge is 2.26. The van der Waals surface area contributed by atoms with E-state index in [4.69, 9.17) is 33.4 Å². The third-order valence-electron chi connectivity index (χ3n) is 10.4. The predicted molar refractivity (Wildman–Crippen MR) is 240 cm³/mol.